The van der Waals surface area contributed by atoms with E-state index in [4.69, 9.17) is 5.11 Å². The lowest BCUT2D eigenvalue weighted by Crippen LogP contribution is -2.20. The molecule has 0 aliphatic heterocycles. The second kappa shape index (κ2) is 8.32. The second-order valence-corrected chi connectivity index (χ2v) is 6.02. The summed E-state index contributed by atoms with van der Waals surface area (Å²) in [5.74, 6) is -0.843. The highest BCUT2D eigenvalue weighted by atomic mass is 16.4. The minimum absolute atomic E-state index is 0.0592. The first-order valence-electron chi connectivity index (χ1n) is 8.33. The van der Waals surface area contributed by atoms with Crippen LogP contribution in [0.2, 0.25) is 0 Å². The van der Waals surface area contributed by atoms with Crippen LogP contribution in [0.25, 0.3) is 0 Å². The summed E-state index contributed by atoms with van der Waals surface area (Å²) in [6.07, 6.45) is 3.08. The van der Waals surface area contributed by atoms with Crippen LogP contribution in [0.1, 0.15) is 44.0 Å². The van der Waals surface area contributed by atoms with Gasteiger partial charge in [0.25, 0.3) is 0 Å². The Morgan fingerprint density at radius 2 is 2.08 bits per heavy atom. The van der Waals surface area contributed by atoms with Crippen molar-refractivity contribution in [2.45, 2.75) is 46.1 Å². The lowest BCUT2D eigenvalue weighted by Gasteiger charge is -2.12. The summed E-state index contributed by atoms with van der Waals surface area (Å²) in [4.78, 5) is 22.9. The van der Waals surface area contributed by atoms with Crippen molar-refractivity contribution >= 4 is 23.4 Å². The van der Waals surface area contributed by atoms with Gasteiger partial charge >= 0.3 is 12.0 Å². The molecule has 0 aliphatic carbocycles. The fourth-order valence-corrected chi connectivity index (χ4v) is 2.50. The van der Waals surface area contributed by atoms with Crippen molar-refractivity contribution in [3.8, 4) is 0 Å². The maximum atomic E-state index is 12.2. The Labute approximate surface area is 147 Å². The number of hydrogen-bond acceptors (Lipinski definition) is 3. The van der Waals surface area contributed by atoms with E-state index in [-0.39, 0.29) is 18.5 Å². The van der Waals surface area contributed by atoms with Gasteiger partial charge in [-0.2, -0.15) is 5.10 Å². The minimum Gasteiger partial charge on any atom is -0.481 e. The van der Waals surface area contributed by atoms with Gasteiger partial charge in [-0.3, -0.25) is 9.48 Å². The molecule has 0 saturated carbocycles. The lowest BCUT2D eigenvalue weighted by molar-refractivity contribution is -0.136. The molecule has 0 aliphatic rings. The zero-order valence-corrected chi connectivity index (χ0v) is 14.7. The number of aryl methyl sites for hydroxylation is 1. The predicted octanol–water partition coefficient (Wildman–Crippen LogP) is 3.82. The zero-order valence-electron chi connectivity index (χ0n) is 14.7. The summed E-state index contributed by atoms with van der Waals surface area (Å²) in [5.41, 5.74) is 3.05. The molecule has 134 valence electrons. The molecule has 1 heterocycles. The van der Waals surface area contributed by atoms with Gasteiger partial charge in [-0.25, -0.2) is 4.79 Å². The van der Waals surface area contributed by atoms with Crippen molar-refractivity contribution in [1.82, 2.24) is 9.78 Å². The van der Waals surface area contributed by atoms with E-state index in [1.807, 2.05) is 17.7 Å². The highest BCUT2D eigenvalue weighted by Gasteiger charge is 2.13. The van der Waals surface area contributed by atoms with Gasteiger partial charge in [0, 0.05) is 18.2 Å². The average Bonchev–Trinajstić information content (AvgIpc) is 2.93. The first kappa shape index (κ1) is 18.5. The van der Waals surface area contributed by atoms with Crippen molar-refractivity contribution < 1.29 is 14.7 Å². The molecular formula is C18H24N4O3. The standard InChI is InChI=1S/C18H24N4O3/c1-4-12(2)22-13(3)16(11-19-22)21-18(25)20-15-7-5-6-14(10-15)8-9-17(23)24/h5-7,10-12H,4,8-9H2,1-3H3,(H,23,24)(H2,20,21,25). The van der Waals surface area contributed by atoms with E-state index in [9.17, 15) is 9.59 Å². The number of amides is 2. The first-order chi connectivity index (χ1) is 11.9. The summed E-state index contributed by atoms with van der Waals surface area (Å²) in [6.45, 7) is 6.08. The van der Waals surface area contributed by atoms with Gasteiger partial charge in [-0.05, 0) is 44.4 Å². The van der Waals surface area contributed by atoms with Gasteiger partial charge in [0.15, 0.2) is 0 Å². The van der Waals surface area contributed by atoms with Crippen LogP contribution in [0.15, 0.2) is 30.5 Å². The van der Waals surface area contributed by atoms with E-state index in [0.29, 0.717) is 17.8 Å². The number of benzene rings is 1. The molecular weight excluding hydrogens is 320 g/mol. The number of carboxylic acids is 1. The number of aromatic nitrogens is 2. The molecule has 0 spiro atoms. The van der Waals surface area contributed by atoms with Gasteiger partial charge in [-0.1, -0.05) is 19.1 Å². The van der Waals surface area contributed by atoms with E-state index in [1.165, 1.54) is 0 Å². The number of urea groups is 1. The molecule has 1 unspecified atom stereocenters. The maximum absolute atomic E-state index is 12.2. The number of aliphatic carboxylic acids is 1. The molecule has 0 saturated heterocycles. The van der Waals surface area contributed by atoms with Crippen LogP contribution in [-0.2, 0) is 11.2 Å². The third-order valence-electron chi connectivity index (χ3n) is 4.11. The Bertz CT molecular complexity index is 755. The molecule has 0 radical (unpaired) electrons. The molecule has 7 heteroatoms. The number of carbonyl (C=O) groups is 2. The third kappa shape index (κ3) is 5.07. The Balaban J connectivity index is 2.00. The monoisotopic (exact) mass is 344 g/mol. The topological polar surface area (TPSA) is 96.3 Å². The normalized spacial score (nSPS) is 11.8. The summed E-state index contributed by atoms with van der Waals surface area (Å²) < 4.78 is 1.89. The van der Waals surface area contributed by atoms with Crippen LogP contribution < -0.4 is 10.6 Å². The molecule has 0 bridgehead atoms. The van der Waals surface area contributed by atoms with Gasteiger partial charge in [0.1, 0.15) is 0 Å². The Morgan fingerprint density at radius 3 is 2.76 bits per heavy atom. The van der Waals surface area contributed by atoms with Crippen molar-refractivity contribution in [2.24, 2.45) is 0 Å². The first-order valence-corrected chi connectivity index (χ1v) is 8.33. The number of hydrogen-bond donors (Lipinski definition) is 3. The van der Waals surface area contributed by atoms with Crippen LogP contribution in [0.5, 0.6) is 0 Å². The van der Waals surface area contributed by atoms with E-state index in [2.05, 4.69) is 29.6 Å². The number of anilines is 2. The summed E-state index contributed by atoms with van der Waals surface area (Å²) in [5, 5.41) is 18.6. The Morgan fingerprint density at radius 1 is 1.32 bits per heavy atom. The van der Waals surface area contributed by atoms with Crippen LogP contribution in [0.4, 0.5) is 16.2 Å². The number of nitrogens with one attached hydrogen (secondary N) is 2. The molecule has 2 rings (SSSR count). The van der Waals surface area contributed by atoms with Gasteiger partial charge in [0.2, 0.25) is 0 Å². The highest BCUT2D eigenvalue weighted by Crippen LogP contribution is 2.20. The Kier molecular flexibility index (Phi) is 6.16. The quantitative estimate of drug-likeness (QED) is 0.711. The second-order valence-electron chi connectivity index (χ2n) is 6.02. The van der Waals surface area contributed by atoms with Gasteiger partial charge in [-0.15, -0.1) is 0 Å². The number of carbonyl (C=O) groups excluding carboxylic acids is 1. The van der Waals surface area contributed by atoms with Crippen molar-refractivity contribution in [3.05, 3.63) is 41.7 Å². The third-order valence-corrected chi connectivity index (χ3v) is 4.11. The SMILES string of the molecule is CCC(C)n1ncc(NC(=O)Nc2cccc(CCC(=O)O)c2)c1C. The van der Waals surface area contributed by atoms with Crippen LogP contribution in [0, 0.1) is 6.92 Å². The van der Waals surface area contributed by atoms with Crippen LogP contribution in [0.3, 0.4) is 0 Å². The highest BCUT2D eigenvalue weighted by molar-refractivity contribution is 6.00. The van der Waals surface area contributed by atoms with Gasteiger partial charge < -0.3 is 15.7 Å². The molecule has 3 N–H and O–H groups in total. The maximum Gasteiger partial charge on any atom is 0.323 e. The molecule has 2 amide bonds. The lowest BCUT2D eigenvalue weighted by atomic mass is 10.1. The molecule has 0 fully saturated rings. The van der Waals surface area contributed by atoms with E-state index in [0.717, 1.165) is 17.7 Å². The molecule has 25 heavy (non-hydrogen) atoms. The number of carboxylic acid groups (broad SMARTS) is 1. The summed E-state index contributed by atoms with van der Waals surface area (Å²) in [7, 11) is 0. The summed E-state index contributed by atoms with van der Waals surface area (Å²) in [6, 6.07) is 7.08. The predicted molar refractivity (Wildman–Crippen MR) is 97.0 cm³/mol. The fourth-order valence-electron chi connectivity index (χ4n) is 2.50. The minimum atomic E-state index is -0.843. The number of nitrogens with zero attached hydrogens (tertiary/aromatic N) is 2. The average molecular weight is 344 g/mol. The van der Waals surface area contributed by atoms with Crippen LogP contribution in [-0.4, -0.2) is 26.9 Å². The van der Waals surface area contributed by atoms with E-state index in [1.54, 1.807) is 24.4 Å². The fraction of sp³-hybridized carbons (Fsp3) is 0.389. The molecule has 2 aromatic rings. The van der Waals surface area contributed by atoms with Crippen molar-refractivity contribution in [2.75, 3.05) is 10.6 Å². The largest absolute Gasteiger partial charge is 0.481 e. The molecule has 1 aromatic carbocycles. The van der Waals surface area contributed by atoms with Crippen molar-refractivity contribution in [3.63, 3.8) is 0 Å². The van der Waals surface area contributed by atoms with E-state index < -0.39 is 5.97 Å². The molecule has 1 atom stereocenters. The zero-order chi connectivity index (χ0) is 18.4. The smallest absolute Gasteiger partial charge is 0.323 e. The molecule has 7 nitrogen and oxygen atoms in total. The number of rotatable bonds is 7. The van der Waals surface area contributed by atoms with Crippen LogP contribution >= 0.6 is 0 Å². The van der Waals surface area contributed by atoms with E-state index >= 15 is 0 Å². The molecule has 1 aromatic heterocycles. The van der Waals surface area contributed by atoms with Crippen molar-refractivity contribution in [1.29, 1.82) is 0 Å². The summed E-state index contributed by atoms with van der Waals surface area (Å²) >= 11 is 0. The Hall–Kier alpha value is -2.83. The van der Waals surface area contributed by atoms with Gasteiger partial charge in [0.05, 0.1) is 17.6 Å².